The van der Waals surface area contributed by atoms with Crippen molar-refractivity contribution in [2.75, 3.05) is 13.2 Å². The highest BCUT2D eigenvalue weighted by Gasteiger charge is 2.53. The van der Waals surface area contributed by atoms with Crippen LogP contribution in [0.3, 0.4) is 0 Å². The average Bonchev–Trinajstić information content (AvgIpc) is 3.65. The Morgan fingerprint density at radius 2 is 1.10 bits per heavy atom. The predicted octanol–water partition coefficient (Wildman–Crippen LogP) is 3.56. The Kier molecular flexibility index (Phi) is 7.88. The van der Waals surface area contributed by atoms with Gasteiger partial charge in [-0.05, 0) is 25.7 Å². The minimum Gasteiger partial charge on any atom is -0.465 e. The molecule has 0 aromatic carbocycles. The lowest BCUT2D eigenvalue weighted by Crippen LogP contribution is -2.38. The van der Waals surface area contributed by atoms with Gasteiger partial charge in [0.25, 0.3) is 0 Å². The molecule has 1 saturated carbocycles. The van der Waals surface area contributed by atoms with Crippen LogP contribution in [0, 0.1) is 11.8 Å². The third-order valence-electron chi connectivity index (χ3n) is 7.10. The molecule has 8 unspecified atom stereocenters. The summed E-state index contributed by atoms with van der Waals surface area (Å²) in [6.45, 7) is 5.03. The highest BCUT2D eigenvalue weighted by molar-refractivity contribution is 5.82. The highest BCUT2D eigenvalue weighted by atomic mass is 16.6. The van der Waals surface area contributed by atoms with Crippen LogP contribution in [0.4, 0.5) is 0 Å². The van der Waals surface area contributed by atoms with Crippen LogP contribution in [0.1, 0.15) is 78.1 Å². The molecule has 3 saturated heterocycles. The van der Waals surface area contributed by atoms with Crippen molar-refractivity contribution in [1.82, 2.24) is 0 Å². The number of esters is 2. The number of rotatable bonds is 14. The van der Waals surface area contributed by atoms with Gasteiger partial charge in [0.1, 0.15) is 0 Å². The van der Waals surface area contributed by atoms with E-state index < -0.39 is 11.8 Å². The second-order valence-electron chi connectivity index (χ2n) is 9.52. The number of hydrogen-bond acceptors (Lipinski definition) is 7. The van der Waals surface area contributed by atoms with Gasteiger partial charge in [-0.2, -0.15) is 0 Å². The molecule has 3 aliphatic heterocycles. The van der Waals surface area contributed by atoms with Gasteiger partial charge in [0.2, 0.25) is 0 Å². The summed E-state index contributed by atoms with van der Waals surface area (Å²) in [5.74, 6) is -1.54. The molecule has 7 heteroatoms. The van der Waals surface area contributed by atoms with Gasteiger partial charge >= 0.3 is 11.9 Å². The van der Waals surface area contributed by atoms with E-state index in [4.69, 9.17) is 23.7 Å². The van der Waals surface area contributed by atoms with Gasteiger partial charge in [-0.15, -0.1) is 0 Å². The molecule has 7 nitrogen and oxygen atoms in total. The van der Waals surface area contributed by atoms with Crippen LogP contribution in [0.15, 0.2) is 0 Å². The first kappa shape index (κ1) is 23.0. The summed E-state index contributed by atoms with van der Waals surface area (Å²) in [6.07, 6.45) is 10.6. The Morgan fingerprint density at radius 1 is 0.677 bits per heavy atom. The molecule has 1 aliphatic carbocycles. The van der Waals surface area contributed by atoms with Gasteiger partial charge in [-0.25, -0.2) is 0 Å². The maximum atomic E-state index is 12.7. The average molecular weight is 439 g/mol. The first-order valence-corrected chi connectivity index (χ1v) is 12.4. The van der Waals surface area contributed by atoms with E-state index in [0.29, 0.717) is 38.3 Å². The molecule has 3 heterocycles. The molecule has 176 valence electrons. The quantitative estimate of drug-likeness (QED) is 0.302. The lowest BCUT2D eigenvalue weighted by molar-refractivity contribution is -0.162. The van der Waals surface area contributed by atoms with Crippen molar-refractivity contribution in [1.29, 1.82) is 0 Å². The predicted molar refractivity (Wildman–Crippen MR) is 112 cm³/mol. The summed E-state index contributed by atoms with van der Waals surface area (Å²) >= 11 is 0. The fraction of sp³-hybridized carbons (Fsp3) is 0.917. The molecule has 0 amide bonds. The van der Waals surface area contributed by atoms with E-state index in [9.17, 15) is 9.59 Å². The largest absolute Gasteiger partial charge is 0.465 e. The van der Waals surface area contributed by atoms with Crippen LogP contribution >= 0.6 is 0 Å². The topological polar surface area (TPSA) is 90.2 Å². The van der Waals surface area contributed by atoms with Crippen molar-refractivity contribution in [2.45, 2.75) is 115 Å². The Morgan fingerprint density at radius 3 is 1.52 bits per heavy atom. The van der Waals surface area contributed by atoms with Crippen LogP contribution < -0.4 is 0 Å². The van der Waals surface area contributed by atoms with E-state index in [1.807, 2.05) is 0 Å². The smallest absolute Gasteiger partial charge is 0.309 e. The number of fused-ring (bicyclic) bond motifs is 1. The molecule has 0 spiro atoms. The molecule has 31 heavy (non-hydrogen) atoms. The van der Waals surface area contributed by atoms with Crippen molar-refractivity contribution >= 4 is 11.9 Å². The summed E-state index contributed by atoms with van der Waals surface area (Å²) in [5.41, 5.74) is 0. The minimum absolute atomic E-state index is 0.0889. The Balaban J connectivity index is 1.16. The van der Waals surface area contributed by atoms with E-state index in [-0.39, 0.29) is 36.4 Å². The lowest BCUT2D eigenvalue weighted by atomic mass is 9.79. The van der Waals surface area contributed by atoms with Crippen LogP contribution in [0.25, 0.3) is 0 Å². The SMILES string of the molecule is CCCCC1OC1CCOC(=O)C1CC2OC2CC1C(=O)OCCC1OC1CCCC. The highest BCUT2D eigenvalue weighted by Crippen LogP contribution is 2.44. The molecule has 4 rings (SSSR count). The van der Waals surface area contributed by atoms with Crippen molar-refractivity contribution < 1.29 is 33.3 Å². The van der Waals surface area contributed by atoms with Crippen LogP contribution in [0.5, 0.6) is 0 Å². The van der Waals surface area contributed by atoms with Gasteiger partial charge in [-0.1, -0.05) is 39.5 Å². The number of unbranched alkanes of at least 4 members (excludes halogenated alkanes) is 2. The molecular formula is C24H38O7. The van der Waals surface area contributed by atoms with Gasteiger partial charge in [0.05, 0.1) is 61.7 Å². The molecule has 8 atom stereocenters. The summed E-state index contributed by atoms with van der Waals surface area (Å²) < 4.78 is 27.9. The first-order chi connectivity index (χ1) is 15.1. The van der Waals surface area contributed by atoms with E-state index in [1.54, 1.807) is 0 Å². The summed E-state index contributed by atoms with van der Waals surface area (Å²) in [4.78, 5) is 25.4. The van der Waals surface area contributed by atoms with Gasteiger partial charge in [0.15, 0.2) is 0 Å². The number of hydrogen-bond donors (Lipinski definition) is 0. The summed E-state index contributed by atoms with van der Waals surface area (Å²) in [7, 11) is 0. The molecule has 0 N–H and O–H groups in total. The molecule has 4 aliphatic rings. The summed E-state index contributed by atoms with van der Waals surface area (Å²) in [6, 6.07) is 0. The third kappa shape index (κ3) is 6.42. The van der Waals surface area contributed by atoms with E-state index in [2.05, 4.69) is 13.8 Å². The zero-order chi connectivity index (χ0) is 21.8. The van der Waals surface area contributed by atoms with E-state index >= 15 is 0 Å². The second-order valence-corrected chi connectivity index (χ2v) is 9.52. The first-order valence-electron chi connectivity index (χ1n) is 12.4. The number of epoxide rings is 3. The van der Waals surface area contributed by atoms with Crippen molar-refractivity contribution in [3.8, 4) is 0 Å². The van der Waals surface area contributed by atoms with Crippen molar-refractivity contribution in [3.05, 3.63) is 0 Å². The molecule has 4 fully saturated rings. The summed E-state index contributed by atoms with van der Waals surface area (Å²) in [5, 5.41) is 0. The normalized spacial score (nSPS) is 37.6. The van der Waals surface area contributed by atoms with Crippen LogP contribution in [-0.2, 0) is 33.3 Å². The zero-order valence-corrected chi connectivity index (χ0v) is 19.0. The number of ether oxygens (including phenoxy) is 5. The molecular weight excluding hydrogens is 400 g/mol. The zero-order valence-electron chi connectivity index (χ0n) is 19.0. The second kappa shape index (κ2) is 10.6. The fourth-order valence-corrected chi connectivity index (χ4v) is 4.89. The molecule has 0 aromatic rings. The monoisotopic (exact) mass is 438 g/mol. The van der Waals surface area contributed by atoms with Crippen LogP contribution in [0.2, 0.25) is 0 Å². The fourth-order valence-electron chi connectivity index (χ4n) is 4.89. The molecule has 0 aromatic heterocycles. The lowest BCUT2D eigenvalue weighted by Gasteiger charge is -2.26. The number of carbonyl (C=O) groups is 2. The standard InChI is InChI=1S/C24H38O7/c1-3-5-7-17-19(29-17)9-11-27-23(25)15-13-21-22(31-21)14-16(15)24(26)28-12-10-20-18(30-20)8-6-4-2/h15-22H,3-14H2,1-2H3. The molecule has 0 radical (unpaired) electrons. The van der Waals surface area contributed by atoms with Crippen molar-refractivity contribution in [2.24, 2.45) is 11.8 Å². The van der Waals surface area contributed by atoms with Crippen molar-refractivity contribution in [3.63, 3.8) is 0 Å². The maximum absolute atomic E-state index is 12.7. The van der Waals surface area contributed by atoms with E-state index in [0.717, 1.165) is 38.5 Å². The van der Waals surface area contributed by atoms with Crippen LogP contribution in [-0.4, -0.2) is 61.8 Å². The van der Waals surface area contributed by atoms with E-state index in [1.165, 1.54) is 12.8 Å². The minimum atomic E-state index is -0.471. The number of carbonyl (C=O) groups excluding carboxylic acids is 2. The molecule has 0 bridgehead atoms. The van der Waals surface area contributed by atoms with Gasteiger partial charge in [0, 0.05) is 12.8 Å². The van der Waals surface area contributed by atoms with Gasteiger partial charge in [-0.3, -0.25) is 9.59 Å². The maximum Gasteiger partial charge on any atom is 0.309 e. The van der Waals surface area contributed by atoms with Gasteiger partial charge < -0.3 is 23.7 Å². The Labute approximate surface area is 185 Å². The Hall–Kier alpha value is -1.18. The third-order valence-corrected chi connectivity index (χ3v) is 7.10. The Bertz CT molecular complexity index is 571.